The van der Waals surface area contributed by atoms with Gasteiger partial charge in [0.2, 0.25) is 0 Å². The Morgan fingerprint density at radius 1 is 0.875 bits per heavy atom. The largest absolute Gasteiger partial charge is 0.465 e. The van der Waals surface area contributed by atoms with Gasteiger partial charge in [-0.2, -0.15) is 0 Å². The summed E-state index contributed by atoms with van der Waals surface area (Å²) in [5, 5.41) is 8.34. The van der Waals surface area contributed by atoms with E-state index in [9.17, 15) is 9.59 Å². The van der Waals surface area contributed by atoms with E-state index in [0.717, 1.165) is 51.9 Å². The van der Waals surface area contributed by atoms with Crippen LogP contribution in [0.4, 0.5) is 9.59 Å². The van der Waals surface area contributed by atoms with E-state index in [1.54, 1.807) is 4.90 Å². The number of hydrogen-bond donors (Lipinski definition) is 2. The van der Waals surface area contributed by atoms with E-state index in [0.29, 0.717) is 0 Å². The van der Waals surface area contributed by atoms with Crippen LogP contribution in [0.5, 0.6) is 0 Å². The Hall–Kier alpha value is -1.46. The Morgan fingerprint density at radius 2 is 1.25 bits per heavy atom. The molecule has 0 aliphatic carbocycles. The molecule has 6 heteroatoms. The molecule has 2 rings (SSSR count). The summed E-state index contributed by atoms with van der Waals surface area (Å²) in [6, 6.07) is -0.275. The number of urea groups is 1. The van der Waals surface area contributed by atoms with Crippen molar-refractivity contribution in [2.75, 3.05) is 26.2 Å². The van der Waals surface area contributed by atoms with Crippen LogP contribution in [-0.2, 0) is 0 Å². The van der Waals surface area contributed by atoms with Crippen LogP contribution in [0.15, 0.2) is 0 Å². The van der Waals surface area contributed by atoms with Gasteiger partial charge in [-0.3, -0.25) is 0 Å². The van der Waals surface area contributed by atoms with Crippen molar-refractivity contribution in [2.24, 2.45) is 5.73 Å². The normalized spacial score (nSPS) is 19.2. The zero-order valence-electron chi connectivity index (χ0n) is 9.39. The molecule has 3 N–H and O–H groups in total. The Bertz CT molecular complexity index is 220. The number of primary amides is 1. The maximum absolute atomic E-state index is 10.3. The summed E-state index contributed by atoms with van der Waals surface area (Å²) in [5.41, 5.74) is 4.98. The zero-order valence-corrected chi connectivity index (χ0v) is 9.39. The highest BCUT2D eigenvalue weighted by molar-refractivity contribution is 5.72. The van der Waals surface area contributed by atoms with E-state index in [4.69, 9.17) is 10.8 Å². The summed E-state index contributed by atoms with van der Waals surface area (Å²) in [6.45, 7) is 3.18. The van der Waals surface area contributed by atoms with Crippen LogP contribution in [0.2, 0.25) is 0 Å². The molecular weight excluding hydrogens is 210 g/mol. The first-order valence-electron chi connectivity index (χ1n) is 5.63. The van der Waals surface area contributed by atoms with Gasteiger partial charge in [-0.25, -0.2) is 9.59 Å². The number of hydrogen-bond acceptors (Lipinski definition) is 2. The van der Waals surface area contributed by atoms with E-state index in [1.807, 2.05) is 0 Å². The molecule has 0 bridgehead atoms. The van der Waals surface area contributed by atoms with Gasteiger partial charge in [-0.05, 0) is 25.7 Å². The molecule has 0 aromatic carbocycles. The Kier molecular flexibility index (Phi) is 4.88. The van der Waals surface area contributed by atoms with Crippen molar-refractivity contribution in [1.82, 2.24) is 9.80 Å². The van der Waals surface area contributed by atoms with Crippen molar-refractivity contribution in [3.8, 4) is 0 Å². The second-order valence-electron chi connectivity index (χ2n) is 4.01. The SMILES string of the molecule is NC(=O)N1CCCC1.O=C(O)N1CCCC1. The molecule has 0 unspecified atom stereocenters. The van der Waals surface area contributed by atoms with E-state index < -0.39 is 6.09 Å². The van der Waals surface area contributed by atoms with E-state index in [1.165, 1.54) is 4.90 Å². The maximum Gasteiger partial charge on any atom is 0.407 e. The first-order valence-corrected chi connectivity index (χ1v) is 5.63. The lowest BCUT2D eigenvalue weighted by atomic mass is 10.4. The van der Waals surface area contributed by atoms with Crippen LogP contribution in [0, 0.1) is 0 Å². The Balaban J connectivity index is 0.000000160. The van der Waals surface area contributed by atoms with Crippen molar-refractivity contribution in [3.63, 3.8) is 0 Å². The van der Waals surface area contributed by atoms with Gasteiger partial charge in [-0.15, -0.1) is 0 Å². The minimum atomic E-state index is -0.775. The van der Waals surface area contributed by atoms with Gasteiger partial charge in [-0.1, -0.05) is 0 Å². The number of likely N-dealkylation sites (tertiary alicyclic amines) is 2. The van der Waals surface area contributed by atoms with Crippen LogP contribution in [0.1, 0.15) is 25.7 Å². The molecule has 3 amide bonds. The quantitative estimate of drug-likeness (QED) is 0.647. The third kappa shape index (κ3) is 3.96. The summed E-state index contributed by atoms with van der Waals surface area (Å²) >= 11 is 0. The maximum atomic E-state index is 10.3. The highest BCUT2D eigenvalue weighted by Gasteiger charge is 2.15. The van der Waals surface area contributed by atoms with Crippen molar-refractivity contribution >= 4 is 12.1 Å². The molecule has 2 aliphatic rings. The van der Waals surface area contributed by atoms with Gasteiger partial charge in [0.1, 0.15) is 0 Å². The average Bonchev–Trinajstić information content (AvgIpc) is 2.93. The first kappa shape index (κ1) is 12.6. The van der Waals surface area contributed by atoms with Crippen molar-refractivity contribution in [3.05, 3.63) is 0 Å². The zero-order chi connectivity index (χ0) is 12.0. The molecule has 2 heterocycles. The molecule has 2 fully saturated rings. The summed E-state index contributed by atoms with van der Waals surface area (Å²) in [6.07, 6.45) is 3.52. The summed E-state index contributed by atoms with van der Waals surface area (Å²) in [4.78, 5) is 23.6. The number of carboxylic acid groups (broad SMARTS) is 1. The van der Waals surface area contributed by atoms with Crippen LogP contribution in [-0.4, -0.2) is 53.2 Å². The summed E-state index contributed by atoms with van der Waals surface area (Å²) < 4.78 is 0. The molecule has 0 radical (unpaired) electrons. The second-order valence-corrected chi connectivity index (χ2v) is 4.01. The summed E-state index contributed by atoms with van der Waals surface area (Å²) in [7, 11) is 0. The molecule has 0 aromatic rings. The van der Waals surface area contributed by atoms with Gasteiger partial charge >= 0.3 is 12.1 Å². The molecule has 6 nitrogen and oxygen atoms in total. The van der Waals surface area contributed by atoms with Crippen LogP contribution in [0.3, 0.4) is 0 Å². The minimum absolute atomic E-state index is 0.275. The monoisotopic (exact) mass is 229 g/mol. The molecule has 0 aromatic heterocycles. The fourth-order valence-corrected chi connectivity index (χ4v) is 1.85. The predicted molar refractivity (Wildman–Crippen MR) is 59.2 cm³/mol. The molecular formula is C10H19N3O3. The lowest BCUT2D eigenvalue weighted by molar-refractivity contribution is 0.156. The van der Waals surface area contributed by atoms with Crippen molar-refractivity contribution in [1.29, 1.82) is 0 Å². The third-order valence-electron chi connectivity index (χ3n) is 2.79. The molecule has 2 aliphatic heterocycles. The number of carbonyl (C=O) groups excluding carboxylic acids is 1. The number of rotatable bonds is 0. The van der Waals surface area contributed by atoms with E-state index in [-0.39, 0.29) is 6.03 Å². The molecule has 0 spiro atoms. The lowest BCUT2D eigenvalue weighted by Crippen LogP contribution is -2.32. The highest BCUT2D eigenvalue weighted by atomic mass is 16.4. The third-order valence-corrected chi connectivity index (χ3v) is 2.79. The van der Waals surface area contributed by atoms with Gasteiger partial charge in [0.25, 0.3) is 0 Å². The van der Waals surface area contributed by atoms with Gasteiger partial charge in [0.15, 0.2) is 0 Å². The number of amides is 3. The summed E-state index contributed by atoms with van der Waals surface area (Å²) in [5.74, 6) is 0. The first-order chi connectivity index (χ1) is 7.61. The molecule has 92 valence electrons. The fraction of sp³-hybridized carbons (Fsp3) is 0.800. The minimum Gasteiger partial charge on any atom is -0.465 e. The molecule has 2 saturated heterocycles. The van der Waals surface area contributed by atoms with Gasteiger partial charge in [0.05, 0.1) is 0 Å². The molecule has 16 heavy (non-hydrogen) atoms. The van der Waals surface area contributed by atoms with Crippen LogP contribution >= 0.6 is 0 Å². The average molecular weight is 229 g/mol. The highest BCUT2D eigenvalue weighted by Crippen LogP contribution is 2.06. The standard InChI is InChI=1S/C5H10N2O.C5H9NO2/c6-5(8)7-3-1-2-4-7;7-5(8)6-3-1-2-4-6/h1-4H2,(H2,6,8);1-4H2,(H,7,8). The smallest absolute Gasteiger partial charge is 0.407 e. The molecule has 0 saturated carbocycles. The van der Waals surface area contributed by atoms with Crippen LogP contribution < -0.4 is 5.73 Å². The Morgan fingerprint density at radius 3 is 1.44 bits per heavy atom. The Labute approximate surface area is 95.0 Å². The topological polar surface area (TPSA) is 86.9 Å². The lowest BCUT2D eigenvalue weighted by Gasteiger charge is -2.09. The predicted octanol–water partition coefficient (Wildman–Crippen LogP) is 0.921. The van der Waals surface area contributed by atoms with Crippen molar-refractivity contribution in [2.45, 2.75) is 25.7 Å². The second kappa shape index (κ2) is 6.19. The van der Waals surface area contributed by atoms with Gasteiger partial charge in [0, 0.05) is 26.2 Å². The number of nitrogens with zero attached hydrogens (tertiary/aromatic N) is 2. The number of carbonyl (C=O) groups is 2. The number of nitrogens with two attached hydrogens (primary N) is 1. The fourth-order valence-electron chi connectivity index (χ4n) is 1.85. The van der Waals surface area contributed by atoms with Crippen LogP contribution in [0.25, 0.3) is 0 Å². The van der Waals surface area contributed by atoms with E-state index >= 15 is 0 Å². The molecule has 0 atom stereocenters. The van der Waals surface area contributed by atoms with Crippen molar-refractivity contribution < 1.29 is 14.7 Å². The van der Waals surface area contributed by atoms with Gasteiger partial charge < -0.3 is 20.6 Å². The van der Waals surface area contributed by atoms with E-state index in [2.05, 4.69) is 0 Å².